The maximum Gasteiger partial charge on any atom is 0.119 e. The van der Waals surface area contributed by atoms with Gasteiger partial charge in [0.2, 0.25) is 0 Å². The molecule has 0 saturated carbocycles. The Morgan fingerprint density at radius 2 is 2.38 bits per heavy atom. The SMILES string of the molecule is N#Cc1cc(-c2ccsc2)[nH]c1N. The van der Waals surface area contributed by atoms with Crippen LogP contribution in [0.15, 0.2) is 22.9 Å². The molecule has 0 aliphatic carbocycles. The lowest BCUT2D eigenvalue weighted by Crippen LogP contribution is -1.86. The lowest BCUT2D eigenvalue weighted by Gasteiger charge is -1.88. The van der Waals surface area contributed by atoms with Crippen LogP contribution in [0.25, 0.3) is 11.3 Å². The molecule has 0 radical (unpaired) electrons. The maximum atomic E-state index is 8.68. The van der Waals surface area contributed by atoms with Crippen molar-refractivity contribution in [2.24, 2.45) is 0 Å². The zero-order chi connectivity index (χ0) is 9.26. The van der Waals surface area contributed by atoms with Crippen LogP contribution < -0.4 is 5.73 Å². The lowest BCUT2D eigenvalue weighted by molar-refractivity contribution is 1.40. The second kappa shape index (κ2) is 2.96. The number of aromatic amines is 1. The molecule has 64 valence electrons. The predicted octanol–water partition coefficient (Wildman–Crippen LogP) is 2.20. The van der Waals surface area contributed by atoms with E-state index in [-0.39, 0.29) is 0 Å². The molecule has 0 aromatic carbocycles. The monoisotopic (exact) mass is 189 g/mol. The predicted molar refractivity (Wildman–Crippen MR) is 53.2 cm³/mol. The average Bonchev–Trinajstić information content (AvgIpc) is 2.71. The van der Waals surface area contributed by atoms with E-state index in [2.05, 4.69) is 4.98 Å². The van der Waals surface area contributed by atoms with E-state index >= 15 is 0 Å². The van der Waals surface area contributed by atoms with E-state index in [9.17, 15) is 0 Å². The number of nitrogens with one attached hydrogen (secondary N) is 1. The van der Waals surface area contributed by atoms with Crippen LogP contribution in [0.1, 0.15) is 5.56 Å². The number of nitrogens with zero attached hydrogens (tertiary/aromatic N) is 1. The molecular formula is C9H7N3S. The summed E-state index contributed by atoms with van der Waals surface area (Å²) in [6.07, 6.45) is 0. The summed E-state index contributed by atoms with van der Waals surface area (Å²) in [7, 11) is 0. The minimum absolute atomic E-state index is 0.434. The zero-order valence-electron chi connectivity index (χ0n) is 6.74. The third kappa shape index (κ3) is 1.30. The third-order valence-corrected chi connectivity index (χ3v) is 2.48. The van der Waals surface area contributed by atoms with Gasteiger partial charge in [-0.3, -0.25) is 0 Å². The van der Waals surface area contributed by atoms with E-state index in [1.54, 1.807) is 17.4 Å². The summed E-state index contributed by atoms with van der Waals surface area (Å²) in [4.78, 5) is 2.96. The molecule has 0 fully saturated rings. The van der Waals surface area contributed by atoms with E-state index in [1.807, 2.05) is 22.9 Å². The van der Waals surface area contributed by atoms with E-state index in [1.165, 1.54) is 0 Å². The van der Waals surface area contributed by atoms with E-state index in [0.717, 1.165) is 11.3 Å². The number of hydrogen-bond donors (Lipinski definition) is 2. The Labute approximate surface area is 79.4 Å². The minimum Gasteiger partial charge on any atom is -0.384 e. The summed E-state index contributed by atoms with van der Waals surface area (Å²) < 4.78 is 0. The number of nitrogen functional groups attached to an aromatic ring is 1. The van der Waals surface area contributed by atoms with Crippen LogP contribution in [0.4, 0.5) is 5.82 Å². The van der Waals surface area contributed by atoms with Crippen LogP contribution in [0.5, 0.6) is 0 Å². The van der Waals surface area contributed by atoms with Crippen molar-refractivity contribution in [3.05, 3.63) is 28.5 Å². The van der Waals surface area contributed by atoms with Crippen LogP contribution in [0.3, 0.4) is 0 Å². The van der Waals surface area contributed by atoms with Gasteiger partial charge in [0.25, 0.3) is 0 Å². The highest BCUT2D eigenvalue weighted by Gasteiger charge is 2.05. The number of aromatic nitrogens is 1. The molecule has 13 heavy (non-hydrogen) atoms. The van der Waals surface area contributed by atoms with Crippen molar-refractivity contribution in [3.63, 3.8) is 0 Å². The van der Waals surface area contributed by atoms with Crippen LogP contribution in [-0.2, 0) is 0 Å². The van der Waals surface area contributed by atoms with Crippen LogP contribution in [-0.4, -0.2) is 4.98 Å². The molecule has 0 atom stereocenters. The first-order valence-corrected chi connectivity index (χ1v) is 4.66. The maximum absolute atomic E-state index is 8.68. The average molecular weight is 189 g/mol. The van der Waals surface area contributed by atoms with Gasteiger partial charge in [0.1, 0.15) is 11.9 Å². The van der Waals surface area contributed by atoms with Gasteiger partial charge in [-0.2, -0.15) is 16.6 Å². The molecule has 2 heterocycles. The molecule has 0 amide bonds. The molecule has 4 heteroatoms. The number of thiophene rings is 1. The van der Waals surface area contributed by atoms with Crippen molar-refractivity contribution in [1.29, 1.82) is 5.26 Å². The van der Waals surface area contributed by atoms with Gasteiger partial charge >= 0.3 is 0 Å². The number of rotatable bonds is 1. The van der Waals surface area contributed by atoms with Gasteiger partial charge in [-0.25, -0.2) is 0 Å². The van der Waals surface area contributed by atoms with Crippen molar-refractivity contribution >= 4 is 17.2 Å². The second-order valence-electron chi connectivity index (χ2n) is 2.63. The molecule has 0 unspecified atom stereocenters. The third-order valence-electron chi connectivity index (χ3n) is 1.80. The standard InChI is InChI=1S/C9H7N3S/c10-4-7-3-8(12-9(7)11)6-1-2-13-5-6/h1-3,5,12H,11H2. The quantitative estimate of drug-likeness (QED) is 0.722. The van der Waals surface area contributed by atoms with Gasteiger partial charge in [-0.1, -0.05) is 0 Å². The highest BCUT2D eigenvalue weighted by molar-refractivity contribution is 7.08. The molecule has 2 aromatic heterocycles. The van der Waals surface area contributed by atoms with Gasteiger partial charge in [0.05, 0.1) is 5.56 Å². The molecule has 0 spiro atoms. The fourth-order valence-corrected chi connectivity index (χ4v) is 1.79. The van der Waals surface area contributed by atoms with Gasteiger partial charge in [0, 0.05) is 16.6 Å². The Bertz CT molecular complexity index is 448. The van der Waals surface area contributed by atoms with Gasteiger partial charge in [-0.15, -0.1) is 0 Å². The van der Waals surface area contributed by atoms with Crippen molar-refractivity contribution in [2.45, 2.75) is 0 Å². The Balaban J connectivity index is 2.50. The van der Waals surface area contributed by atoms with E-state index < -0.39 is 0 Å². The number of anilines is 1. The molecule has 0 bridgehead atoms. The normalized spacial score (nSPS) is 9.77. The summed E-state index contributed by atoms with van der Waals surface area (Å²) in [6, 6.07) is 5.77. The Morgan fingerprint density at radius 3 is 2.92 bits per heavy atom. The molecule has 3 nitrogen and oxygen atoms in total. The van der Waals surface area contributed by atoms with E-state index in [4.69, 9.17) is 11.0 Å². The van der Waals surface area contributed by atoms with Crippen LogP contribution >= 0.6 is 11.3 Å². The number of nitrogens with two attached hydrogens (primary N) is 1. The molecule has 0 aliphatic rings. The van der Waals surface area contributed by atoms with E-state index in [0.29, 0.717) is 11.4 Å². The van der Waals surface area contributed by atoms with Crippen molar-refractivity contribution < 1.29 is 0 Å². The topological polar surface area (TPSA) is 65.6 Å². The largest absolute Gasteiger partial charge is 0.384 e. The Hall–Kier alpha value is -1.73. The summed E-state index contributed by atoms with van der Waals surface area (Å²) >= 11 is 1.61. The number of H-pyrrole nitrogens is 1. The van der Waals surface area contributed by atoms with Crippen molar-refractivity contribution in [2.75, 3.05) is 5.73 Å². The molecule has 2 rings (SSSR count). The Morgan fingerprint density at radius 1 is 1.54 bits per heavy atom. The highest BCUT2D eigenvalue weighted by Crippen LogP contribution is 2.24. The second-order valence-corrected chi connectivity index (χ2v) is 3.41. The van der Waals surface area contributed by atoms with Crippen LogP contribution in [0.2, 0.25) is 0 Å². The first-order valence-electron chi connectivity index (χ1n) is 3.72. The number of hydrogen-bond acceptors (Lipinski definition) is 3. The van der Waals surface area contributed by atoms with Crippen molar-refractivity contribution in [1.82, 2.24) is 4.98 Å². The fourth-order valence-electron chi connectivity index (χ4n) is 1.14. The van der Waals surface area contributed by atoms with Gasteiger partial charge in [-0.05, 0) is 17.5 Å². The van der Waals surface area contributed by atoms with Gasteiger partial charge < -0.3 is 10.7 Å². The van der Waals surface area contributed by atoms with Crippen molar-refractivity contribution in [3.8, 4) is 17.3 Å². The number of nitriles is 1. The first-order chi connectivity index (χ1) is 6.31. The highest BCUT2D eigenvalue weighted by atomic mass is 32.1. The zero-order valence-corrected chi connectivity index (χ0v) is 7.56. The summed E-state index contributed by atoms with van der Waals surface area (Å²) in [5.41, 5.74) is 8.05. The summed E-state index contributed by atoms with van der Waals surface area (Å²) in [6.45, 7) is 0. The lowest BCUT2D eigenvalue weighted by atomic mass is 10.2. The summed E-state index contributed by atoms with van der Waals surface area (Å²) in [5.74, 6) is 0.434. The summed E-state index contributed by atoms with van der Waals surface area (Å²) in [5, 5.41) is 12.7. The molecule has 0 aliphatic heterocycles. The fraction of sp³-hybridized carbons (Fsp3) is 0. The molecular weight excluding hydrogens is 182 g/mol. The Kier molecular flexibility index (Phi) is 1.80. The smallest absolute Gasteiger partial charge is 0.119 e. The first kappa shape index (κ1) is 7.90. The van der Waals surface area contributed by atoms with Gasteiger partial charge in [0.15, 0.2) is 0 Å². The molecule has 3 N–H and O–H groups in total. The molecule has 2 aromatic rings. The van der Waals surface area contributed by atoms with Crippen LogP contribution in [0, 0.1) is 11.3 Å². The molecule has 0 saturated heterocycles. The minimum atomic E-state index is 0.434.